The first-order chi connectivity index (χ1) is 9.22. The SMILES string of the molecule is CNCC1CCCN1C(=O)C(C)Oc1cccnc1. The number of nitrogens with zero attached hydrogens (tertiary/aromatic N) is 2. The van der Waals surface area contributed by atoms with Crippen molar-refractivity contribution in [2.45, 2.75) is 31.9 Å². The third kappa shape index (κ3) is 3.44. The van der Waals surface area contributed by atoms with Gasteiger partial charge in [-0.25, -0.2) is 0 Å². The van der Waals surface area contributed by atoms with Crippen molar-refractivity contribution in [1.29, 1.82) is 0 Å². The maximum absolute atomic E-state index is 12.4. The van der Waals surface area contributed by atoms with Crippen LogP contribution < -0.4 is 10.1 Å². The number of carbonyl (C=O) groups excluding carboxylic acids is 1. The number of ether oxygens (including phenoxy) is 1. The molecule has 0 aliphatic carbocycles. The molecule has 1 saturated heterocycles. The van der Waals surface area contributed by atoms with Crippen molar-refractivity contribution in [3.05, 3.63) is 24.5 Å². The molecule has 2 unspecified atom stereocenters. The third-order valence-electron chi connectivity index (χ3n) is 3.39. The van der Waals surface area contributed by atoms with E-state index in [0.717, 1.165) is 25.9 Å². The predicted molar refractivity (Wildman–Crippen MR) is 73.0 cm³/mol. The van der Waals surface area contributed by atoms with E-state index in [4.69, 9.17) is 4.74 Å². The molecular formula is C14H21N3O2. The Bertz CT molecular complexity index is 410. The van der Waals surface area contributed by atoms with Gasteiger partial charge in [0.25, 0.3) is 5.91 Å². The summed E-state index contributed by atoms with van der Waals surface area (Å²) in [5, 5.41) is 3.14. The van der Waals surface area contributed by atoms with E-state index < -0.39 is 6.10 Å². The largest absolute Gasteiger partial charge is 0.479 e. The van der Waals surface area contributed by atoms with E-state index in [-0.39, 0.29) is 11.9 Å². The van der Waals surface area contributed by atoms with E-state index in [0.29, 0.717) is 5.75 Å². The number of amides is 1. The van der Waals surface area contributed by atoms with Gasteiger partial charge in [0, 0.05) is 25.3 Å². The summed E-state index contributed by atoms with van der Waals surface area (Å²) in [6.07, 6.45) is 4.97. The Morgan fingerprint density at radius 3 is 3.21 bits per heavy atom. The van der Waals surface area contributed by atoms with Gasteiger partial charge in [-0.15, -0.1) is 0 Å². The van der Waals surface area contributed by atoms with Crippen molar-refractivity contribution in [2.24, 2.45) is 0 Å². The standard InChI is InChI=1S/C14H21N3O2/c1-11(19-13-6-3-7-16-10-13)14(18)17-8-4-5-12(17)9-15-2/h3,6-7,10-12,15H,4-5,8-9H2,1-2H3. The van der Waals surface area contributed by atoms with E-state index in [9.17, 15) is 4.79 Å². The second kappa shape index (κ2) is 6.52. The first-order valence-electron chi connectivity index (χ1n) is 6.74. The minimum atomic E-state index is -0.471. The molecule has 0 bridgehead atoms. The van der Waals surface area contributed by atoms with Gasteiger partial charge in [0.2, 0.25) is 0 Å². The second-order valence-electron chi connectivity index (χ2n) is 4.83. The molecule has 2 atom stereocenters. The van der Waals surface area contributed by atoms with Crippen LogP contribution in [0.2, 0.25) is 0 Å². The average Bonchev–Trinajstić information content (AvgIpc) is 2.87. The molecule has 1 aromatic rings. The molecule has 1 fully saturated rings. The molecule has 0 spiro atoms. The van der Waals surface area contributed by atoms with Crippen LogP contribution in [-0.2, 0) is 4.79 Å². The molecule has 1 aliphatic heterocycles. The Kier molecular flexibility index (Phi) is 4.74. The molecule has 5 heteroatoms. The fourth-order valence-corrected chi connectivity index (χ4v) is 2.48. The van der Waals surface area contributed by atoms with Crippen LogP contribution in [0.25, 0.3) is 0 Å². The highest BCUT2D eigenvalue weighted by Gasteiger charge is 2.31. The molecule has 1 amide bonds. The predicted octanol–water partition coefficient (Wildman–Crippen LogP) is 1.06. The van der Waals surface area contributed by atoms with Crippen LogP contribution in [0, 0.1) is 0 Å². The van der Waals surface area contributed by atoms with Crippen molar-refractivity contribution in [1.82, 2.24) is 15.2 Å². The van der Waals surface area contributed by atoms with Crippen LogP contribution in [-0.4, -0.2) is 48.1 Å². The fraction of sp³-hybridized carbons (Fsp3) is 0.571. The minimum absolute atomic E-state index is 0.0570. The number of pyridine rings is 1. The van der Waals surface area contributed by atoms with E-state index >= 15 is 0 Å². The highest BCUT2D eigenvalue weighted by molar-refractivity contribution is 5.81. The Morgan fingerprint density at radius 1 is 1.68 bits per heavy atom. The Labute approximate surface area is 114 Å². The molecular weight excluding hydrogens is 242 g/mol. The highest BCUT2D eigenvalue weighted by atomic mass is 16.5. The summed E-state index contributed by atoms with van der Waals surface area (Å²) < 4.78 is 5.64. The summed E-state index contributed by atoms with van der Waals surface area (Å²) in [4.78, 5) is 18.3. The Balaban J connectivity index is 1.95. The summed E-state index contributed by atoms with van der Waals surface area (Å²) in [5.41, 5.74) is 0. The smallest absolute Gasteiger partial charge is 0.263 e. The summed E-state index contributed by atoms with van der Waals surface area (Å²) in [7, 11) is 1.91. The lowest BCUT2D eigenvalue weighted by molar-refractivity contribution is -0.138. The van der Waals surface area contributed by atoms with Gasteiger partial charge >= 0.3 is 0 Å². The van der Waals surface area contributed by atoms with Gasteiger partial charge in [0.05, 0.1) is 6.20 Å². The average molecular weight is 263 g/mol. The minimum Gasteiger partial charge on any atom is -0.479 e. The number of rotatable bonds is 5. The molecule has 19 heavy (non-hydrogen) atoms. The second-order valence-corrected chi connectivity index (χ2v) is 4.83. The maximum atomic E-state index is 12.4. The topological polar surface area (TPSA) is 54.5 Å². The van der Waals surface area contributed by atoms with E-state index in [1.165, 1.54) is 0 Å². The van der Waals surface area contributed by atoms with Crippen LogP contribution in [0.15, 0.2) is 24.5 Å². The number of hydrogen-bond donors (Lipinski definition) is 1. The lowest BCUT2D eigenvalue weighted by Crippen LogP contribution is -2.46. The zero-order chi connectivity index (χ0) is 13.7. The number of hydrogen-bond acceptors (Lipinski definition) is 4. The van der Waals surface area contributed by atoms with E-state index in [1.54, 1.807) is 25.4 Å². The first-order valence-corrected chi connectivity index (χ1v) is 6.74. The number of likely N-dealkylation sites (N-methyl/N-ethyl adjacent to an activating group) is 1. The third-order valence-corrected chi connectivity index (χ3v) is 3.39. The van der Waals surface area contributed by atoms with Gasteiger partial charge in [0.1, 0.15) is 5.75 Å². The van der Waals surface area contributed by atoms with Crippen molar-refractivity contribution >= 4 is 5.91 Å². The van der Waals surface area contributed by atoms with Crippen molar-refractivity contribution in [3.8, 4) is 5.75 Å². The number of nitrogens with one attached hydrogen (secondary N) is 1. The lowest BCUT2D eigenvalue weighted by atomic mass is 10.2. The molecule has 2 heterocycles. The van der Waals surface area contributed by atoms with Crippen LogP contribution in [0.3, 0.4) is 0 Å². The number of carbonyl (C=O) groups is 1. The quantitative estimate of drug-likeness (QED) is 0.863. The van der Waals surface area contributed by atoms with Gasteiger partial charge in [-0.1, -0.05) is 0 Å². The highest BCUT2D eigenvalue weighted by Crippen LogP contribution is 2.19. The molecule has 0 aromatic carbocycles. The van der Waals surface area contributed by atoms with Crippen molar-refractivity contribution in [3.63, 3.8) is 0 Å². The van der Waals surface area contributed by atoms with Crippen LogP contribution in [0.5, 0.6) is 5.75 Å². The van der Waals surface area contributed by atoms with Crippen LogP contribution in [0.1, 0.15) is 19.8 Å². The molecule has 1 N–H and O–H groups in total. The first kappa shape index (κ1) is 13.8. The zero-order valence-electron chi connectivity index (χ0n) is 11.5. The molecule has 2 rings (SSSR count). The zero-order valence-corrected chi connectivity index (χ0v) is 11.5. The Morgan fingerprint density at radius 2 is 2.53 bits per heavy atom. The molecule has 0 radical (unpaired) electrons. The molecule has 0 saturated carbocycles. The Hall–Kier alpha value is -1.62. The number of aromatic nitrogens is 1. The van der Waals surface area contributed by atoms with Crippen molar-refractivity contribution in [2.75, 3.05) is 20.1 Å². The molecule has 1 aromatic heterocycles. The monoisotopic (exact) mass is 263 g/mol. The number of likely N-dealkylation sites (tertiary alicyclic amines) is 1. The van der Waals surface area contributed by atoms with Gasteiger partial charge < -0.3 is 15.0 Å². The van der Waals surface area contributed by atoms with E-state index in [1.807, 2.05) is 18.0 Å². The van der Waals surface area contributed by atoms with Crippen LogP contribution >= 0.6 is 0 Å². The normalized spacial score (nSPS) is 20.3. The van der Waals surface area contributed by atoms with Gasteiger partial charge in [0.15, 0.2) is 6.10 Å². The van der Waals surface area contributed by atoms with E-state index in [2.05, 4.69) is 10.3 Å². The summed E-state index contributed by atoms with van der Waals surface area (Å²) in [5.74, 6) is 0.689. The summed E-state index contributed by atoms with van der Waals surface area (Å²) >= 11 is 0. The summed E-state index contributed by atoms with van der Waals surface area (Å²) in [6, 6.07) is 3.90. The van der Waals surface area contributed by atoms with Crippen molar-refractivity contribution < 1.29 is 9.53 Å². The van der Waals surface area contributed by atoms with Gasteiger partial charge in [-0.05, 0) is 38.9 Å². The van der Waals surface area contributed by atoms with Crippen LogP contribution in [0.4, 0.5) is 0 Å². The maximum Gasteiger partial charge on any atom is 0.263 e. The van der Waals surface area contributed by atoms with Gasteiger partial charge in [-0.3, -0.25) is 9.78 Å². The fourth-order valence-electron chi connectivity index (χ4n) is 2.48. The molecule has 1 aliphatic rings. The molecule has 5 nitrogen and oxygen atoms in total. The molecule has 104 valence electrons. The lowest BCUT2D eigenvalue weighted by Gasteiger charge is -2.27. The van der Waals surface area contributed by atoms with Gasteiger partial charge in [-0.2, -0.15) is 0 Å². The summed E-state index contributed by atoms with van der Waals surface area (Å²) in [6.45, 7) is 3.46.